The first kappa shape index (κ1) is 24.0. The molecule has 4 rings (SSSR count). The van der Waals surface area contributed by atoms with Gasteiger partial charge in [0.15, 0.2) is 6.10 Å². The molecule has 2 amide bonds. The third kappa shape index (κ3) is 4.47. The van der Waals surface area contributed by atoms with Crippen LogP contribution in [0.15, 0.2) is 47.4 Å². The number of ether oxygens (including phenoxy) is 1. The molecular formula is C22H22F3N3O5S. The molecule has 0 aliphatic carbocycles. The summed E-state index contributed by atoms with van der Waals surface area (Å²) < 4.78 is 72.8. The number of sulfonamides is 1. The molecule has 8 nitrogen and oxygen atoms in total. The maximum Gasteiger partial charge on any atom is 0.417 e. The van der Waals surface area contributed by atoms with Crippen molar-refractivity contribution in [3.05, 3.63) is 53.6 Å². The zero-order valence-electron chi connectivity index (χ0n) is 18.1. The number of amides is 2. The summed E-state index contributed by atoms with van der Waals surface area (Å²) in [7, 11) is -3.97. The third-order valence-electron chi connectivity index (χ3n) is 5.77. The Hall–Kier alpha value is -3.12. The largest absolute Gasteiger partial charge is 0.478 e. The van der Waals surface area contributed by atoms with Crippen molar-refractivity contribution in [1.29, 1.82) is 0 Å². The van der Waals surface area contributed by atoms with Gasteiger partial charge in [0.2, 0.25) is 10.0 Å². The number of benzene rings is 2. The number of nitrogens with zero attached hydrogens (tertiary/aromatic N) is 2. The van der Waals surface area contributed by atoms with Crippen LogP contribution < -0.4 is 10.1 Å². The molecule has 2 aliphatic rings. The lowest BCUT2D eigenvalue weighted by Crippen LogP contribution is -2.50. The second-order valence-corrected chi connectivity index (χ2v) is 9.84. The van der Waals surface area contributed by atoms with Gasteiger partial charge in [0.25, 0.3) is 11.8 Å². The SMILES string of the molecule is CC[C@H]1Oc2ccc(S(=O)(=O)N3CCN(C(=O)c4ccccc4C(F)(F)F)CC3)cc2NC1=O. The van der Waals surface area contributed by atoms with Crippen molar-refractivity contribution >= 4 is 27.5 Å². The zero-order chi connectivity index (χ0) is 24.7. The average Bonchev–Trinajstić information content (AvgIpc) is 2.82. The topological polar surface area (TPSA) is 96.0 Å². The molecule has 2 aliphatic heterocycles. The Kier molecular flexibility index (Phi) is 6.30. The van der Waals surface area contributed by atoms with Crippen LogP contribution >= 0.6 is 0 Å². The van der Waals surface area contributed by atoms with Gasteiger partial charge in [-0.1, -0.05) is 19.1 Å². The molecular weight excluding hydrogens is 475 g/mol. The van der Waals surface area contributed by atoms with Gasteiger partial charge < -0.3 is 15.0 Å². The second-order valence-electron chi connectivity index (χ2n) is 7.90. The van der Waals surface area contributed by atoms with Crippen LogP contribution in [0.3, 0.4) is 0 Å². The van der Waals surface area contributed by atoms with Gasteiger partial charge in [-0.3, -0.25) is 9.59 Å². The number of halogens is 3. The first-order chi connectivity index (χ1) is 16.0. The predicted octanol–water partition coefficient (Wildman–Crippen LogP) is 2.96. The van der Waals surface area contributed by atoms with Gasteiger partial charge >= 0.3 is 6.18 Å². The van der Waals surface area contributed by atoms with Crippen LogP contribution in [0.4, 0.5) is 18.9 Å². The van der Waals surface area contributed by atoms with Gasteiger partial charge in [0, 0.05) is 26.2 Å². The van der Waals surface area contributed by atoms with Crippen LogP contribution in [0.2, 0.25) is 0 Å². The number of fused-ring (bicyclic) bond motifs is 1. The molecule has 0 unspecified atom stereocenters. The summed E-state index contributed by atoms with van der Waals surface area (Å²) in [5.74, 6) is -0.802. The molecule has 1 fully saturated rings. The van der Waals surface area contributed by atoms with E-state index in [0.717, 1.165) is 16.4 Å². The molecule has 0 spiro atoms. The van der Waals surface area contributed by atoms with Crippen molar-refractivity contribution in [3.8, 4) is 5.75 Å². The number of hydrogen-bond acceptors (Lipinski definition) is 5. The minimum atomic E-state index is -4.68. The number of hydrogen-bond donors (Lipinski definition) is 1. The lowest BCUT2D eigenvalue weighted by molar-refractivity contribution is -0.138. The van der Waals surface area contributed by atoms with Gasteiger partial charge in [0.1, 0.15) is 5.75 Å². The molecule has 2 heterocycles. The molecule has 1 atom stereocenters. The highest BCUT2D eigenvalue weighted by atomic mass is 32.2. The first-order valence-electron chi connectivity index (χ1n) is 10.6. The molecule has 1 saturated heterocycles. The van der Waals surface area contributed by atoms with Gasteiger partial charge in [-0.25, -0.2) is 8.42 Å². The summed E-state index contributed by atoms with van der Waals surface area (Å²) in [6.07, 6.45) is -4.87. The smallest absolute Gasteiger partial charge is 0.417 e. The Labute approximate surface area is 194 Å². The number of carbonyl (C=O) groups is 2. The minimum Gasteiger partial charge on any atom is -0.478 e. The van der Waals surface area contributed by atoms with E-state index >= 15 is 0 Å². The quantitative estimate of drug-likeness (QED) is 0.701. The molecule has 0 radical (unpaired) electrons. The van der Waals surface area contributed by atoms with E-state index in [1.165, 1.54) is 35.2 Å². The van der Waals surface area contributed by atoms with E-state index in [9.17, 15) is 31.2 Å². The van der Waals surface area contributed by atoms with Crippen molar-refractivity contribution in [1.82, 2.24) is 9.21 Å². The number of rotatable bonds is 4. The van der Waals surface area contributed by atoms with Crippen molar-refractivity contribution in [2.75, 3.05) is 31.5 Å². The highest BCUT2D eigenvalue weighted by Crippen LogP contribution is 2.34. The normalized spacial score (nSPS) is 19.2. The van der Waals surface area contributed by atoms with Crippen molar-refractivity contribution in [2.24, 2.45) is 0 Å². The Bertz CT molecular complexity index is 1220. The van der Waals surface area contributed by atoms with Crippen LogP contribution in [0.25, 0.3) is 0 Å². The molecule has 2 aromatic rings. The molecule has 1 N–H and O–H groups in total. The van der Waals surface area contributed by atoms with Gasteiger partial charge in [-0.05, 0) is 36.8 Å². The van der Waals surface area contributed by atoms with E-state index in [2.05, 4.69) is 5.32 Å². The molecule has 0 saturated carbocycles. The molecule has 2 aromatic carbocycles. The van der Waals surface area contributed by atoms with E-state index < -0.39 is 39.3 Å². The second kappa shape index (κ2) is 8.91. The number of carbonyl (C=O) groups excluding carboxylic acids is 2. The van der Waals surface area contributed by atoms with Crippen LogP contribution in [-0.4, -0.2) is 61.7 Å². The Morgan fingerprint density at radius 2 is 1.79 bits per heavy atom. The highest BCUT2D eigenvalue weighted by molar-refractivity contribution is 7.89. The highest BCUT2D eigenvalue weighted by Gasteiger charge is 2.37. The summed E-state index contributed by atoms with van der Waals surface area (Å²) in [4.78, 5) is 25.9. The third-order valence-corrected chi connectivity index (χ3v) is 7.66. The van der Waals surface area contributed by atoms with Crippen molar-refractivity contribution in [3.63, 3.8) is 0 Å². The van der Waals surface area contributed by atoms with Crippen molar-refractivity contribution in [2.45, 2.75) is 30.5 Å². The van der Waals surface area contributed by atoms with Gasteiger partial charge in [0.05, 0.1) is 21.7 Å². The Morgan fingerprint density at radius 1 is 1.12 bits per heavy atom. The fourth-order valence-corrected chi connectivity index (χ4v) is 5.38. The number of piperazine rings is 1. The lowest BCUT2D eigenvalue weighted by Gasteiger charge is -2.34. The van der Waals surface area contributed by atoms with E-state index in [-0.39, 0.29) is 42.7 Å². The Balaban J connectivity index is 1.48. The maximum atomic E-state index is 13.3. The summed E-state index contributed by atoms with van der Waals surface area (Å²) in [6, 6.07) is 8.66. The van der Waals surface area contributed by atoms with Crippen LogP contribution in [-0.2, 0) is 21.0 Å². The van der Waals surface area contributed by atoms with Crippen LogP contribution in [0, 0.1) is 0 Å². The Morgan fingerprint density at radius 3 is 2.44 bits per heavy atom. The minimum absolute atomic E-state index is 0.0623. The number of alkyl halides is 3. The monoisotopic (exact) mass is 497 g/mol. The lowest BCUT2D eigenvalue weighted by atomic mass is 10.1. The summed E-state index contributed by atoms with van der Waals surface area (Å²) >= 11 is 0. The first-order valence-corrected chi connectivity index (χ1v) is 12.0. The van der Waals surface area contributed by atoms with Crippen molar-refractivity contribution < 1.29 is 35.9 Å². The summed E-state index contributed by atoms with van der Waals surface area (Å²) in [5.41, 5.74) is -1.26. The zero-order valence-corrected chi connectivity index (χ0v) is 18.9. The number of nitrogens with one attached hydrogen (secondary N) is 1. The molecule has 12 heteroatoms. The van der Waals surface area contributed by atoms with E-state index in [0.29, 0.717) is 12.2 Å². The molecule has 182 valence electrons. The van der Waals surface area contributed by atoms with Gasteiger partial charge in [-0.15, -0.1) is 0 Å². The standard InChI is InChI=1S/C22H22F3N3O5S/c1-2-18-20(29)26-17-13-14(7-8-19(17)33-18)34(31,32)28-11-9-27(10-12-28)21(30)15-5-3-4-6-16(15)22(23,24)25/h3-8,13,18H,2,9-12H2,1H3,(H,26,29)/t18-/m1/s1. The fraction of sp³-hybridized carbons (Fsp3) is 0.364. The van der Waals surface area contributed by atoms with Crippen LogP contribution in [0.1, 0.15) is 29.3 Å². The molecule has 0 bridgehead atoms. The molecule has 34 heavy (non-hydrogen) atoms. The van der Waals surface area contributed by atoms with E-state index in [1.807, 2.05) is 0 Å². The number of anilines is 1. The van der Waals surface area contributed by atoms with Crippen LogP contribution in [0.5, 0.6) is 5.75 Å². The predicted molar refractivity (Wildman–Crippen MR) is 116 cm³/mol. The fourth-order valence-electron chi connectivity index (χ4n) is 3.93. The van der Waals surface area contributed by atoms with Gasteiger partial charge in [-0.2, -0.15) is 17.5 Å². The average molecular weight is 497 g/mol. The molecule has 0 aromatic heterocycles. The van der Waals surface area contributed by atoms with E-state index in [4.69, 9.17) is 4.74 Å². The van der Waals surface area contributed by atoms with E-state index in [1.54, 1.807) is 6.92 Å². The summed E-state index contributed by atoms with van der Waals surface area (Å²) in [6.45, 7) is 1.50. The maximum absolute atomic E-state index is 13.3. The summed E-state index contributed by atoms with van der Waals surface area (Å²) in [5, 5.41) is 2.64.